The minimum absolute atomic E-state index is 0.315. The summed E-state index contributed by atoms with van der Waals surface area (Å²) in [6.45, 7) is 7.06. The molecule has 0 bridgehead atoms. The third-order valence-corrected chi connectivity index (χ3v) is 4.53. The van der Waals surface area contributed by atoms with Crippen LogP contribution in [0.5, 0.6) is 0 Å². The molecule has 142 valence electrons. The highest BCUT2D eigenvalue weighted by Crippen LogP contribution is 2.28. The molecular weight excluding hydrogens is 360 g/mol. The van der Waals surface area contributed by atoms with Crippen LogP contribution in [0.1, 0.15) is 20.8 Å². The predicted octanol–water partition coefficient (Wildman–Crippen LogP) is 4.03. The number of anilines is 5. The molecule has 0 atom stereocenters. The first-order chi connectivity index (χ1) is 13.1. The van der Waals surface area contributed by atoms with Gasteiger partial charge in [-0.15, -0.1) is 0 Å². The SMILES string of the molecule is CCNc1ncc(-c2nccc(Nc3cc(NC(C)C)c(NC)cn3)n2)s1. The number of thiazole rings is 1. The number of hydrogen-bond donors (Lipinski definition) is 4. The van der Waals surface area contributed by atoms with Crippen molar-refractivity contribution in [1.82, 2.24) is 19.9 Å². The number of aromatic nitrogens is 4. The van der Waals surface area contributed by atoms with Gasteiger partial charge in [-0.1, -0.05) is 11.3 Å². The van der Waals surface area contributed by atoms with Crippen molar-refractivity contribution in [3.8, 4) is 10.7 Å². The van der Waals surface area contributed by atoms with Gasteiger partial charge in [-0.3, -0.25) is 0 Å². The van der Waals surface area contributed by atoms with Crippen molar-refractivity contribution >= 4 is 39.5 Å². The Hall–Kier alpha value is -2.94. The first kappa shape index (κ1) is 18.8. The van der Waals surface area contributed by atoms with Crippen LogP contribution in [0.15, 0.2) is 30.7 Å². The molecule has 0 saturated carbocycles. The number of nitrogens with zero attached hydrogens (tertiary/aromatic N) is 4. The lowest BCUT2D eigenvalue weighted by Gasteiger charge is -2.16. The topological polar surface area (TPSA) is 99.7 Å². The molecule has 3 heterocycles. The molecular formula is C18H24N8S. The number of pyridine rings is 1. The van der Waals surface area contributed by atoms with Crippen molar-refractivity contribution in [3.05, 3.63) is 30.7 Å². The van der Waals surface area contributed by atoms with Crippen LogP contribution in [0.4, 0.5) is 28.1 Å². The minimum atomic E-state index is 0.315. The fourth-order valence-corrected chi connectivity index (χ4v) is 3.27. The Morgan fingerprint density at radius 1 is 1.07 bits per heavy atom. The van der Waals surface area contributed by atoms with Crippen LogP contribution in [0.3, 0.4) is 0 Å². The molecule has 0 saturated heterocycles. The van der Waals surface area contributed by atoms with Crippen LogP contribution < -0.4 is 21.3 Å². The Bertz CT molecular complexity index is 893. The van der Waals surface area contributed by atoms with Gasteiger partial charge < -0.3 is 21.3 Å². The Balaban J connectivity index is 1.81. The van der Waals surface area contributed by atoms with Crippen LogP contribution >= 0.6 is 11.3 Å². The molecule has 0 aliphatic rings. The van der Waals surface area contributed by atoms with Gasteiger partial charge in [-0.2, -0.15) is 0 Å². The molecule has 0 aliphatic carbocycles. The maximum atomic E-state index is 4.59. The summed E-state index contributed by atoms with van der Waals surface area (Å²) in [7, 11) is 1.88. The van der Waals surface area contributed by atoms with Gasteiger partial charge in [0.25, 0.3) is 0 Å². The van der Waals surface area contributed by atoms with Crippen LogP contribution in [0.25, 0.3) is 10.7 Å². The summed E-state index contributed by atoms with van der Waals surface area (Å²) in [5, 5.41) is 13.9. The van der Waals surface area contributed by atoms with Crippen LogP contribution in [-0.2, 0) is 0 Å². The average molecular weight is 385 g/mol. The summed E-state index contributed by atoms with van der Waals surface area (Å²) < 4.78 is 0. The average Bonchev–Trinajstić information content (AvgIpc) is 3.11. The van der Waals surface area contributed by atoms with E-state index >= 15 is 0 Å². The molecule has 0 aromatic carbocycles. The van der Waals surface area contributed by atoms with E-state index in [-0.39, 0.29) is 0 Å². The fourth-order valence-electron chi connectivity index (χ4n) is 2.44. The largest absolute Gasteiger partial charge is 0.385 e. The Morgan fingerprint density at radius 2 is 1.93 bits per heavy atom. The monoisotopic (exact) mass is 384 g/mol. The minimum Gasteiger partial charge on any atom is -0.385 e. The van der Waals surface area contributed by atoms with Crippen molar-refractivity contribution in [1.29, 1.82) is 0 Å². The van der Waals surface area contributed by atoms with Crippen molar-refractivity contribution in [3.63, 3.8) is 0 Å². The maximum Gasteiger partial charge on any atom is 0.183 e. The molecule has 3 rings (SSSR count). The third kappa shape index (κ3) is 4.82. The summed E-state index contributed by atoms with van der Waals surface area (Å²) in [6.07, 6.45) is 5.31. The van der Waals surface area contributed by atoms with Crippen LogP contribution in [0.2, 0.25) is 0 Å². The molecule has 0 spiro atoms. The molecule has 3 aromatic rings. The first-order valence-corrected chi connectivity index (χ1v) is 9.65. The standard InChI is InChI=1S/C18H24N8S/c1-5-20-18-23-10-14(27-18)17-21-7-6-15(26-17)25-16-8-12(24-11(2)3)13(19-4)9-22-16/h6-11,19H,5H2,1-4H3,(H,20,23)(H2,21,22,24,25,26). The highest BCUT2D eigenvalue weighted by atomic mass is 32.1. The Labute approximate surface area is 162 Å². The van der Waals surface area contributed by atoms with E-state index in [1.54, 1.807) is 18.6 Å². The highest BCUT2D eigenvalue weighted by molar-refractivity contribution is 7.18. The maximum absolute atomic E-state index is 4.59. The predicted molar refractivity (Wildman–Crippen MR) is 113 cm³/mol. The van der Waals surface area contributed by atoms with E-state index in [1.807, 2.05) is 26.1 Å². The second kappa shape index (κ2) is 8.63. The molecule has 9 heteroatoms. The van der Waals surface area contributed by atoms with Crippen molar-refractivity contribution in [2.75, 3.05) is 34.9 Å². The molecule has 3 aromatic heterocycles. The third-order valence-electron chi connectivity index (χ3n) is 3.58. The number of hydrogen-bond acceptors (Lipinski definition) is 9. The van der Waals surface area contributed by atoms with E-state index in [4.69, 9.17) is 0 Å². The van der Waals surface area contributed by atoms with Crippen molar-refractivity contribution in [2.45, 2.75) is 26.8 Å². The normalized spacial score (nSPS) is 10.7. The van der Waals surface area contributed by atoms with E-state index in [2.05, 4.69) is 55.1 Å². The molecule has 0 radical (unpaired) electrons. The zero-order valence-electron chi connectivity index (χ0n) is 15.9. The van der Waals surface area contributed by atoms with Gasteiger partial charge in [0.15, 0.2) is 11.0 Å². The molecule has 0 unspecified atom stereocenters. The number of nitrogens with one attached hydrogen (secondary N) is 4. The van der Waals surface area contributed by atoms with E-state index in [0.717, 1.165) is 27.9 Å². The summed E-state index contributed by atoms with van der Waals surface area (Å²) in [6, 6.07) is 4.10. The smallest absolute Gasteiger partial charge is 0.183 e. The van der Waals surface area contributed by atoms with Gasteiger partial charge in [0.05, 0.1) is 28.6 Å². The van der Waals surface area contributed by atoms with Gasteiger partial charge in [0.2, 0.25) is 0 Å². The summed E-state index contributed by atoms with van der Waals surface area (Å²) in [4.78, 5) is 18.6. The number of rotatable bonds is 8. The zero-order valence-corrected chi connectivity index (χ0v) is 16.7. The zero-order chi connectivity index (χ0) is 19.2. The van der Waals surface area contributed by atoms with Gasteiger partial charge in [-0.05, 0) is 26.8 Å². The van der Waals surface area contributed by atoms with Crippen LogP contribution in [-0.4, -0.2) is 39.6 Å². The quantitative estimate of drug-likeness (QED) is 0.462. The lowest BCUT2D eigenvalue weighted by atomic mass is 10.3. The molecule has 0 aliphatic heterocycles. The second-order valence-electron chi connectivity index (χ2n) is 6.11. The van der Waals surface area contributed by atoms with E-state index < -0.39 is 0 Å². The van der Waals surface area contributed by atoms with Gasteiger partial charge in [0.1, 0.15) is 11.6 Å². The van der Waals surface area contributed by atoms with Crippen LogP contribution in [0, 0.1) is 0 Å². The lowest BCUT2D eigenvalue weighted by molar-refractivity contribution is 0.899. The fraction of sp³-hybridized carbons (Fsp3) is 0.333. The van der Waals surface area contributed by atoms with Crippen molar-refractivity contribution < 1.29 is 0 Å². The van der Waals surface area contributed by atoms with Gasteiger partial charge in [-0.25, -0.2) is 19.9 Å². The van der Waals surface area contributed by atoms with Gasteiger partial charge in [0, 0.05) is 31.9 Å². The highest BCUT2D eigenvalue weighted by Gasteiger charge is 2.10. The van der Waals surface area contributed by atoms with Gasteiger partial charge >= 0.3 is 0 Å². The summed E-state index contributed by atoms with van der Waals surface area (Å²) in [5.41, 5.74) is 1.93. The Kier molecular flexibility index (Phi) is 6.02. The van der Waals surface area contributed by atoms with E-state index in [9.17, 15) is 0 Å². The lowest BCUT2D eigenvalue weighted by Crippen LogP contribution is -2.12. The van der Waals surface area contributed by atoms with E-state index in [0.29, 0.717) is 23.5 Å². The molecule has 0 fully saturated rings. The van der Waals surface area contributed by atoms with E-state index in [1.165, 1.54) is 11.3 Å². The molecule has 27 heavy (non-hydrogen) atoms. The summed E-state index contributed by atoms with van der Waals surface area (Å²) >= 11 is 1.53. The first-order valence-electron chi connectivity index (χ1n) is 8.83. The van der Waals surface area contributed by atoms with Crippen molar-refractivity contribution in [2.24, 2.45) is 0 Å². The Morgan fingerprint density at radius 3 is 2.67 bits per heavy atom. The molecule has 4 N–H and O–H groups in total. The summed E-state index contributed by atoms with van der Waals surface area (Å²) in [5.74, 6) is 2.02. The molecule has 0 amide bonds. The second-order valence-corrected chi connectivity index (χ2v) is 7.15. The molecule has 8 nitrogen and oxygen atoms in total.